The van der Waals surface area contributed by atoms with Gasteiger partial charge in [-0.1, -0.05) is 52.5 Å². The largest absolute Gasteiger partial charge is 0.322 e. The zero-order valence-electron chi connectivity index (χ0n) is 9.27. The van der Waals surface area contributed by atoms with Gasteiger partial charge in [0.25, 0.3) is 0 Å². The van der Waals surface area contributed by atoms with Crippen LogP contribution in [0.25, 0.3) is 0 Å². The summed E-state index contributed by atoms with van der Waals surface area (Å²) in [7, 11) is 0. The van der Waals surface area contributed by atoms with Crippen LogP contribution >= 0.6 is 39.1 Å². The lowest BCUT2D eigenvalue weighted by atomic mass is 10.1. The Bertz CT molecular complexity index is 403. The van der Waals surface area contributed by atoms with Gasteiger partial charge in [-0.2, -0.15) is 0 Å². The lowest BCUT2D eigenvalue weighted by molar-refractivity contribution is -0.117. The van der Waals surface area contributed by atoms with Crippen molar-refractivity contribution in [1.82, 2.24) is 0 Å². The number of nitrogens with two attached hydrogens (primary N) is 1. The number of carbonyl (C=O) groups is 1. The molecule has 0 aliphatic carbocycles. The van der Waals surface area contributed by atoms with Crippen LogP contribution < -0.4 is 11.1 Å². The lowest BCUT2D eigenvalue weighted by Gasteiger charge is -2.13. The van der Waals surface area contributed by atoms with Gasteiger partial charge >= 0.3 is 0 Å². The van der Waals surface area contributed by atoms with E-state index in [1.54, 1.807) is 12.1 Å². The van der Waals surface area contributed by atoms with Gasteiger partial charge in [-0.05, 0) is 18.6 Å². The smallest absolute Gasteiger partial charge is 0.241 e. The fourth-order valence-corrected chi connectivity index (χ4v) is 2.62. The average Bonchev–Trinajstić information content (AvgIpc) is 2.23. The van der Waals surface area contributed by atoms with Gasteiger partial charge in [-0.25, -0.2) is 0 Å². The number of halogens is 3. The number of hydrogen-bond donors (Lipinski definition) is 2. The van der Waals surface area contributed by atoms with Gasteiger partial charge in [0.15, 0.2) is 0 Å². The maximum Gasteiger partial charge on any atom is 0.241 e. The summed E-state index contributed by atoms with van der Waals surface area (Å²) in [6.45, 7) is 1.97. The molecule has 0 radical (unpaired) electrons. The molecule has 0 saturated heterocycles. The van der Waals surface area contributed by atoms with E-state index in [1.807, 2.05) is 6.92 Å². The number of hydrogen-bond acceptors (Lipinski definition) is 2. The average molecular weight is 340 g/mol. The SMILES string of the molecule is CCCC(N)C(=O)Nc1c(Cl)cc(Br)cc1Cl. The van der Waals surface area contributed by atoms with E-state index in [0.29, 0.717) is 22.2 Å². The third-order valence-corrected chi connectivity index (χ3v) is 3.25. The van der Waals surface area contributed by atoms with E-state index in [2.05, 4.69) is 21.2 Å². The molecule has 0 fully saturated rings. The maximum atomic E-state index is 11.7. The highest BCUT2D eigenvalue weighted by molar-refractivity contribution is 9.10. The monoisotopic (exact) mass is 338 g/mol. The first-order valence-electron chi connectivity index (χ1n) is 5.16. The number of nitrogens with one attached hydrogen (secondary N) is 1. The minimum absolute atomic E-state index is 0.280. The Morgan fingerprint density at radius 1 is 1.47 bits per heavy atom. The zero-order chi connectivity index (χ0) is 13.0. The minimum Gasteiger partial charge on any atom is -0.322 e. The number of benzene rings is 1. The molecule has 1 unspecified atom stereocenters. The maximum absolute atomic E-state index is 11.7. The molecular weight excluding hydrogens is 327 g/mol. The Hall–Kier alpha value is -0.290. The molecule has 0 bridgehead atoms. The highest BCUT2D eigenvalue weighted by Crippen LogP contribution is 2.33. The molecule has 0 aliphatic rings. The molecule has 1 aromatic rings. The van der Waals surface area contributed by atoms with Crippen molar-refractivity contribution in [2.24, 2.45) is 5.73 Å². The summed E-state index contributed by atoms with van der Waals surface area (Å²) in [4.78, 5) is 11.7. The molecule has 1 rings (SSSR count). The molecule has 17 heavy (non-hydrogen) atoms. The molecule has 3 N–H and O–H groups in total. The van der Waals surface area contributed by atoms with Crippen molar-refractivity contribution in [2.75, 3.05) is 5.32 Å². The van der Waals surface area contributed by atoms with Gasteiger partial charge < -0.3 is 11.1 Å². The van der Waals surface area contributed by atoms with Crippen LogP contribution in [0.2, 0.25) is 10.0 Å². The van der Waals surface area contributed by atoms with Crippen LogP contribution in [0.4, 0.5) is 5.69 Å². The number of amides is 1. The van der Waals surface area contributed by atoms with Crippen LogP contribution in [-0.4, -0.2) is 11.9 Å². The summed E-state index contributed by atoms with van der Waals surface area (Å²) in [6, 6.07) is 2.78. The topological polar surface area (TPSA) is 55.1 Å². The lowest BCUT2D eigenvalue weighted by Crippen LogP contribution is -2.35. The second-order valence-corrected chi connectivity index (χ2v) is 5.36. The summed E-state index contributed by atoms with van der Waals surface area (Å²) < 4.78 is 0.753. The summed E-state index contributed by atoms with van der Waals surface area (Å²) in [5, 5.41) is 3.39. The fraction of sp³-hybridized carbons (Fsp3) is 0.364. The van der Waals surface area contributed by atoms with Crippen LogP contribution in [0.3, 0.4) is 0 Å². The van der Waals surface area contributed by atoms with Crippen LogP contribution in [0.1, 0.15) is 19.8 Å². The molecule has 1 atom stereocenters. The van der Waals surface area contributed by atoms with E-state index in [9.17, 15) is 4.79 Å². The van der Waals surface area contributed by atoms with Crippen molar-refractivity contribution >= 4 is 50.7 Å². The summed E-state index contributed by atoms with van der Waals surface area (Å²) in [5.41, 5.74) is 6.09. The molecule has 6 heteroatoms. The predicted octanol–water partition coefficient (Wildman–Crippen LogP) is 3.82. The van der Waals surface area contributed by atoms with E-state index in [1.165, 1.54) is 0 Å². The molecule has 1 amide bonds. The van der Waals surface area contributed by atoms with Gasteiger partial charge in [0.2, 0.25) is 5.91 Å². The second-order valence-electron chi connectivity index (χ2n) is 3.63. The van der Waals surface area contributed by atoms with Crippen LogP contribution in [0, 0.1) is 0 Å². The molecule has 0 aromatic heterocycles. The van der Waals surface area contributed by atoms with Crippen molar-refractivity contribution in [3.05, 3.63) is 26.7 Å². The number of anilines is 1. The highest BCUT2D eigenvalue weighted by Gasteiger charge is 2.16. The summed E-state index contributed by atoms with van der Waals surface area (Å²) in [6.07, 6.45) is 1.47. The van der Waals surface area contributed by atoms with E-state index >= 15 is 0 Å². The van der Waals surface area contributed by atoms with Gasteiger partial charge in [-0.3, -0.25) is 4.79 Å². The molecule has 1 aromatic carbocycles. The van der Waals surface area contributed by atoms with Gasteiger partial charge in [0.05, 0.1) is 21.8 Å². The Morgan fingerprint density at radius 2 is 2.00 bits per heavy atom. The Balaban J connectivity index is 2.85. The van der Waals surface area contributed by atoms with Gasteiger partial charge in [0.1, 0.15) is 0 Å². The van der Waals surface area contributed by atoms with E-state index in [4.69, 9.17) is 28.9 Å². The minimum atomic E-state index is -0.546. The van der Waals surface area contributed by atoms with Crippen LogP contribution in [0.15, 0.2) is 16.6 Å². The summed E-state index contributed by atoms with van der Waals surface area (Å²) in [5.74, 6) is -0.280. The molecule has 0 saturated carbocycles. The van der Waals surface area contributed by atoms with Gasteiger partial charge in [0, 0.05) is 4.47 Å². The first kappa shape index (κ1) is 14.8. The van der Waals surface area contributed by atoms with Crippen molar-refractivity contribution in [2.45, 2.75) is 25.8 Å². The Kier molecular flexibility index (Phi) is 5.73. The third kappa shape index (κ3) is 4.14. The van der Waals surface area contributed by atoms with E-state index in [0.717, 1.165) is 10.9 Å². The first-order valence-corrected chi connectivity index (χ1v) is 6.71. The van der Waals surface area contributed by atoms with Crippen molar-refractivity contribution in [3.63, 3.8) is 0 Å². The zero-order valence-corrected chi connectivity index (χ0v) is 12.4. The molecule has 3 nitrogen and oxygen atoms in total. The molecule has 0 heterocycles. The van der Waals surface area contributed by atoms with E-state index < -0.39 is 6.04 Å². The number of carbonyl (C=O) groups excluding carboxylic acids is 1. The van der Waals surface area contributed by atoms with Crippen molar-refractivity contribution in [1.29, 1.82) is 0 Å². The fourth-order valence-electron chi connectivity index (χ4n) is 1.32. The third-order valence-electron chi connectivity index (χ3n) is 2.19. The molecule has 0 aliphatic heterocycles. The molecule has 94 valence electrons. The van der Waals surface area contributed by atoms with Crippen molar-refractivity contribution in [3.8, 4) is 0 Å². The van der Waals surface area contributed by atoms with Crippen LogP contribution in [-0.2, 0) is 4.79 Å². The van der Waals surface area contributed by atoms with Crippen molar-refractivity contribution < 1.29 is 4.79 Å². The Morgan fingerprint density at radius 3 is 2.47 bits per heavy atom. The molecular formula is C11H13BrCl2N2O. The van der Waals surface area contributed by atoms with E-state index in [-0.39, 0.29) is 5.91 Å². The normalized spacial score (nSPS) is 12.3. The highest BCUT2D eigenvalue weighted by atomic mass is 79.9. The quantitative estimate of drug-likeness (QED) is 0.876. The standard InChI is InChI=1S/C11H13BrCl2N2O/c1-2-3-9(15)11(17)16-10-7(13)4-6(12)5-8(10)14/h4-5,9H,2-3,15H2,1H3,(H,16,17). The summed E-state index contributed by atoms with van der Waals surface area (Å²) >= 11 is 15.2. The Labute approximate surface area is 119 Å². The second kappa shape index (κ2) is 6.59. The first-order chi connectivity index (χ1) is 7.95. The van der Waals surface area contributed by atoms with Gasteiger partial charge in [-0.15, -0.1) is 0 Å². The number of rotatable bonds is 4. The predicted molar refractivity (Wildman–Crippen MR) is 75.7 cm³/mol. The molecule has 0 spiro atoms. The van der Waals surface area contributed by atoms with Crippen LogP contribution in [0.5, 0.6) is 0 Å².